The minimum absolute atomic E-state index is 0. The van der Waals surface area contributed by atoms with E-state index >= 15 is 0 Å². The van der Waals surface area contributed by atoms with Crippen LogP contribution in [0.15, 0.2) is 60.7 Å². The molecule has 0 spiro atoms. The summed E-state index contributed by atoms with van der Waals surface area (Å²) in [6.45, 7) is 17.3. The predicted molar refractivity (Wildman–Crippen MR) is 265 cm³/mol. The molecule has 2 aliphatic rings. The van der Waals surface area contributed by atoms with E-state index in [9.17, 15) is 36.0 Å². The monoisotopic (exact) mass is 990 g/mol. The predicted octanol–water partition coefficient (Wildman–Crippen LogP) is 5.00. The molecule has 67 heavy (non-hydrogen) atoms. The van der Waals surface area contributed by atoms with Crippen LogP contribution >= 0.6 is 10.7 Å². The van der Waals surface area contributed by atoms with Crippen molar-refractivity contribution in [3.63, 3.8) is 0 Å². The maximum Gasteiger partial charge on any atom is 0.272 e. The van der Waals surface area contributed by atoms with Crippen LogP contribution in [0.2, 0.25) is 0 Å². The number of imidazole rings is 2. The van der Waals surface area contributed by atoms with E-state index in [-0.39, 0.29) is 56.3 Å². The molecule has 2 atom stereocenters. The molecule has 0 saturated heterocycles. The standard InChI is InChI=1S/C22H31N5O4S.C20H27N5O2.C2H5ClO2S.2CH4/c1-6-32(30,31)26-12-13-27-16(14-26)17(24-19(27)15-10-8-7-9-11-15)20(28)25-18(21(29)23-5)22(2,3)4;1-20(2,3)16(19(27)21-4)24-18(26)15-14-12-22-10-11-25(14)17(23-15)13-8-6-5-7-9-13;1-2-6(3,4)5;;/h7-11,18H,6,12-14H2,1-5H3,(H,23,29)(H,25,28);5-9,16,22H,10-12H2,1-4H3,(H,21,27)(H,24,26);2H2,1H3;2*1H4/t18-;16-;;;/m11.../s1. The van der Waals surface area contributed by atoms with Gasteiger partial charge in [0.1, 0.15) is 23.7 Å². The highest BCUT2D eigenvalue weighted by Crippen LogP contribution is 2.29. The molecule has 6 rings (SSSR count). The van der Waals surface area contributed by atoms with Gasteiger partial charge in [0.15, 0.2) is 11.4 Å². The number of nitrogens with one attached hydrogen (secondary N) is 5. The van der Waals surface area contributed by atoms with Crippen LogP contribution < -0.4 is 26.6 Å². The second-order valence-corrected chi connectivity index (χ2v) is 22.8. The van der Waals surface area contributed by atoms with Gasteiger partial charge in [-0.1, -0.05) is 124 Å². The fraction of sp³-hybridized carbons (Fsp3) is 0.522. The van der Waals surface area contributed by atoms with E-state index in [1.807, 2.05) is 107 Å². The maximum atomic E-state index is 13.3. The molecule has 2 aromatic heterocycles. The topological polar surface area (TPSA) is 236 Å². The van der Waals surface area contributed by atoms with Crippen molar-refractivity contribution in [3.05, 3.63) is 83.4 Å². The number of nitrogens with zero attached hydrogens (tertiary/aromatic N) is 5. The Morgan fingerprint density at radius 3 is 1.45 bits per heavy atom. The van der Waals surface area contributed by atoms with Crippen molar-refractivity contribution in [2.24, 2.45) is 10.8 Å². The molecule has 0 aliphatic carbocycles. The molecule has 5 N–H and O–H groups in total. The minimum atomic E-state index is -3.43. The van der Waals surface area contributed by atoms with Gasteiger partial charge in [0, 0.05) is 68.6 Å². The Balaban J connectivity index is 0.000000403. The summed E-state index contributed by atoms with van der Waals surface area (Å²) in [5.41, 5.74) is 2.73. The summed E-state index contributed by atoms with van der Waals surface area (Å²) in [4.78, 5) is 60.4. The Morgan fingerprint density at radius 2 is 1.07 bits per heavy atom. The Bertz CT molecular complexity index is 2540. The van der Waals surface area contributed by atoms with Crippen molar-refractivity contribution in [2.45, 2.75) is 109 Å². The number of hydrogen-bond acceptors (Lipinski definition) is 11. The molecule has 21 heteroatoms. The van der Waals surface area contributed by atoms with Crippen LogP contribution in [0, 0.1) is 10.8 Å². The molecule has 0 fully saturated rings. The van der Waals surface area contributed by atoms with Crippen molar-refractivity contribution in [3.8, 4) is 22.8 Å². The number of halogens is 1. The first-order valence-corrected chi connectivity index (χ1v) is 25.4. The Hall–Kier alpha value is -5.15. The van der Waals surface area contributed by atoms with Crippen LogP contribution in [-0.4, -0.2) is 115 Å². The van der Waals surface area contributed by atoms with Crippen molar-refractivity contribution >= 4 is 53.4 Å². The third-order valence-corrected chi connectivity index (χ3v) is 13.9. The first-order chi connectivity index (χ1) is 30.4. The van der Waals surface area contributed by atoms with Crippen LogP contribution in [0.25, 0.3) is 22.8 Å². The Labute approximate surface area is 401 Å². The summed E-state index contributed by atoms with van der Waals surface area (Å²) in [6.07, 6.45) is 0. The van der Waals surface area contributed by atoms with Crippen LogP contribution in [0.4, 0.5) is 0 Å². The highest BCUT2D eigenvalue weighted by Gasteiger charge is 2.37. The quantitative estimate of drug-likeness (QED) is 0.126. The number of carbonyl (C=O) groups excluding carboxylic acids is 4. The Morgan fingerprint density at radius 1 is 0.672 bits per heavy atom. The van der Waals surface area contributed by atoms with E-state index in [2.05, 4.69) is 51.8 Å². The number of rotatable bonds is 11. The van der Waals surface area contributed by atoms with Crippen molar-refractivity contribution in [2.75, 3.05) is 38.7 Å². The van der Waals surface area contributed by atoms with E-state index in [1.54, 1.807) is 14.0 Å². The van der Waals surface area contributed by atoms with E-state index in [0.29, 0.717) is 36.8 Å². The maximum absolute atomic E-state index is 13.3. The zero-order chi connectivity index (χ0) is 48.5. The zero-order valence-corrected chi connectivity index (χ0v) is 41.2. The number of benzene rings is 2. The third kappa shape index (κ3) is 14.9. The lowest BCUT2D eigenvalue weighted by Gasteiger charge is -2.30. The number of hydrogen-bond donors (Lipinski definition) is 5. The van der Waals surface area contributed by atoms with E-state index < -0.39 is 47.9 Å². The summed E-state index contributed by atoms with van der Waals surface area (Å²) in [5, 5.41) is 14.2. The summed E-state index contributed by atoms with van der Waals surface area (Å²) >= 11 is 0. The minimum Gasteiger partial charge on any atom is -0.357 e. The molecule has 2 aromatic carbocycles. The fourth-order valence-electron chi connectivity index (χ4n) is 7.09. The largest absolute Gasteiger partial charge is 0.357 e. The summed E-state index contributed by atoms with van der Waals surface area (Å²) < 4.78 is 49.9. The fourth-order valence-corrected chi connectivity index (χ4v) is 8.13. The van der Waals surface area contributed by atoms with Gasteiger partial charge in [-0.3, -0.25) is 19.2 Å². The zero-order valence-electron chi connectivity index (χ0n) is 38.8. The number of aromatic nitrogens is 4. The average molecular weight is 992 g/mol. The summed E-state index contributed by atoms with van der Waals surface area (Å²) in [7, 11) is 1.16. The van der Waals surface area contributed by atoms with Crippen LogP contribution in [-0.2, 0) is 54.8 Å². The lowest BCUT2D eigenvalue weighted by molar-refractivity contribution is -0.125. The number of fused-ring (bicyclic) bond motifs is 2. The van der Waals surface area contributed by atoms with Crippen LogP contribution in [0.3, 0.4) is 0 Å². The molecule has 2 aliphatic heterocycles. The van der Waals surface area contributed by atoms with Gasteiger partial charge in [-0.05, 0) is 17.8 Å². The highest BCUT2D eigenvalue weighted by atomic mass is 35.7. The highest BCUT2D eigenvalue weighted by molar-refractivity contribution is 8.13. The number of sulfonamides is 1. The molecule has 0 unspecified atom stereocenters. The van der Waals surface area contributed by atoms with Crippen molar-refractivity contribution < 1.29 is 36.0 Å². The summed E-state index contributed by atoms with van der Waals surface area (Å²) in [5.74, 6) is 0.0214. The van der Waals surface area contributed by atoms with E-state index in [1.165, 1.54) is 18.3 Å². The average Bonchev–Trinajstić information content (AvgIpc) is 3.86. The number of carbonyl (C=O) groups is 4. The Kier molecular flexibility index (Phi) is 21.0. The molecular formula is C46H71ClN10O8S2. The molecule has 4 amide bonds. The molecule has 0 saturated carbocycles. The van der Waals surface area contributed by atoms with Gasteiger partial charge in [-0.2, -0.15) is 4.31 Å². The van der Waals surface area contributed by atoms with Crippen molar-refractivity contribution in [1.82, 2.24) is 50.0 Å². The van der Waals surface area contributed by atoms with Gasteiger partial charge in [-0.25, -0.2) is 26.8 Å². The van der Waals surface area contributed by atoms with Gasteiger partial charge in [0.05, 0.1) is 29.4 Å². The number of amides is 4. The number of likely N-dealkylation sites (N-methyl/N-ethyl adjacent to an activating group) is 2. The molecule has 4 heterocycles. The van der Waals surface area contributed by atoms with Gasteiger partial charge >= 0.3 is 0 Å². The lowest BCUT2D eigenvalue weighted by atomic mass is 9.86. The SMILES string of the molecule is C.C.CCS(=O)(=O)Cl.CCS(=O)(=O)N1CCn2c(-c3ccccc3)nc(C(=O)N[C@H](C(=O)NC)C(C)(C)C)c2C1.CNC(=O)[C@@H](NC(=O)c1nc(-c2ccccc2)n2c1CNCC2)C(C)(C)C. The molecule has 372 valence electrons. The van der Waals surface area contributed by atoms with Crippen LogP contribution in [0.1, 0.15) is 103 Å². The van der Waals surface area contributed by atoms with Crippen molar-refractivity contribution in [1.29, 1.82) is 0 Å². The molecule has 0 bridgehead atoms. The second-order valence-electron chi connectivity index (χ2n) is 17.5. The van der Waals surface area contributed by atoms with Gasteiger partial charge in [0.2, 0.25) is 30.9 Å². The first kappa shape index (κ1) is 58.0. The summed E-state index contributed by atoms with van der Waals surface area (Å²) in [6, 6.07) is 17.9. The van der Waals surface area contributed by atoms with Gasteiger partial charge in [0.25, 0.3) is 11.8 Å². The van der Waals surface area contributed by atoms with Crippen LogP contribution in [0.5, 0.6) is 0 Å². The van der Waals surface area contributed by atoms with E-state index in [4.69, 9.17) is 0 Å². The lowest BCUT2D eigenvalue weighted by Crippen LogP contribution is -2.53. The molecule has 0 radical (unpaired) electrons. The van der Waals surface area contributed by atoms with Gasteiger partial charge < -0.3 is 35.7 Å². The second kappa shape index (κ2) is 24.2. The molecular weight excluding hydrogens is 920 g/mol. The third-order valence-electron chi connectivity index (χ3n) is 10.7. The smallest absolute Gasteiger partial charge is 0.272 e. The van der Waals surface area contributed by atoms with E-state index in [0.717, 1.165) is 35.7 Å². The van der Waals surface area contributed by atoms with Gasteiger partial charge in [-0.15, -0.1) is 0 Å². The normalized spacial score (nSPS) is 14.6. The molecule has 4 aromatic rings. The first-order valence-electron chi connectivity index (χ1n) is 21.3. The molecule has 18 nitrogen and oxygen atoms in total.